The van der Waals surface area contributed by atoms with Crippen molar-refractivity contribution in [2.45, 2.75) is 103 Å². The van der Waals surface area contributed by atoms with Gasteiger partial charge < -0.3 is 24.6 Å². The topological polar surface area (TPSA) is 113 Å². The summed E-state index contributed by atoms with van der Waals surface area (Å²) in [6.07, 6.45) is 10.4. The lowest BCUT2D eigenvalue weighted by atomic mass is 9.91. The van der Waals surface area contributed by atoms with Gasteiger partial charge in [0, 0.05) is 51.3 Å². The molecule has 9 heteroatoms. The SMILES string of the molecule is CCCCCN(CCCCC)C(=O)COC(=O)CCCSCC[C@H]1C(=O)C[C@@H](O)[C@H]1/C=C/[C@@H](O)Cc1cccc(COC)c1. The maximum atomic E-state index is 12.6. The first-order chi connectivity index (χ1) is 21.3. The van der Waals surface area contributed by atoms with Gasteiger partial charge in [0.25, 0.3) is 5.91 Å². The number of hydrogen-bond acceptors (Lipinski definition) is 8. The van der Waals surface area contributed by atoms with Crippen LogP contribution >= 0.6 is 11.8 Å². The maximum Gasteiger partial charge on any atom is 0.306 e. The summed E-state index contributed by atoms with van der Waals surface area (Å²) < 4.78 is 10.5. The van der Waals surface area contributed by atoms with Crippen molar-refractivity contribution in [3.8, 4) is 0 Å². The Balaban J connectivity index is 1.69. The Kier molecular flexibility index (Phi) is 19.3. The Morgan fingerprint density at radius 2 is 1.77 bits per heavy atom. The van der Waals surface area contributed by atoms with Crippen molar-refractivity contribution in [3.05, 3.63) is 47.5 Å². The van der Waals surface area contributed by atoms with Gasteiger partial charge in [0.2, 0.25) is 0 Å². The van der Waals surface area contributed by atoms with Crippen LogP contribution in [0.3, 0.4) is 0 Å². The predicted octanol–water partition coefficient (Wildman–Crippen LogP) is 5.51. The Bertz CT molecular complexity index is 1010. The number of unbranched alkanes of at least 4 members (excludes halogenated alkanes) is 4. The van der Waals surface area contributed by atoms with Crippen molar-refractivity contribution in [2.75, 3.05) is 38.3 Å². The zero-order valence-electron chi connectivity index (χ0n) is 27.1. The standard InChI is InChI=1S/C35H55NO7S/c1-4-6-8-18-36(19-9-7-5-2)34(40)26-43-35(41)14-11-20-44-21-17-31-30(32(38)24-33(31)39)16-15-29(37)23-27-12-10-13-28(22-27)25-42-3/h10,12-13,15-16,22,29-32,37-38H,4-9,11,14,17-21,23-26H2,1-3H3/b16-15+/t29-,30+,31-,32-/m1/s1. The number of Topliss-reactive ketones (excluding diaryl/α,β-unsaturated/α-hetero) is 1. The quantitative estimate of drug-likeness (QED) is 0.0921. The number of carbonyl (C=O) groups is 3. The highest BCUT2D eigenvalue weighted by Crippen LogP contribution is 2.34. The highest BCUT2D eigenvalue weighted by Gasteiger charge is 2.39. The van der Waals surface area contributed by atoms with Crippen molar-refractivity contribution in [1.82, 2.24) is 4.90 Å². The van der Waals surface area contributed by atoms with Gasteiger partial charge in [-0.25, -0.2) is 0 Å². The Labute approximate surface area is 269 Å². The molecular weight excluding hydrogens is 578 g/mol. The van der Waals surface area contributed by atoms with Crippen LogP contribution in [0.25, 0.3) is 0 Å². The van der Waals surface area contributed by atoms with Gasteiger partial charge in [-0.1, -0.05) is 75.9 Å². The van der Waals surface area contributed by atoms with E-state index in [0.29, 0.717) is 39.0 Å². The van der Waals surface area contributed by atoms with E-state index in [4.69, 9.17) is 9.47 Å². The monoisotopic (exact) mass is 633 g/mol. The fraction of sp³-hybridized carbons (Fsp3) is 0.686. The third-order valence-electron chi connectivity index (χ3n) is 8.05. The highest BCUT2D eigenvalue weighted by molar-refractivity contribution is 7.99. The van der Waals surface area contributed by atoms with Gasteiger partial charge in [-0.15, -0.1) is 0 Å². The predicted molar refractivity (Wildman–Crippen MR) is 176 cm³/mol. The molecule has 4 atom stereocenters. The summed E-state index contributed by atoms with van der Waals surface area (Å²) in [7, 11) is 1.65. The largest absolute Gasteiger partial charge is 0.456 e. The molecule has 1 aliphatic rings. The summed E-state index contributed by atoms with van der Waals surface area (Å²) >= 11 is 1.67. The van der Waals surface area contributed by atoms with E-state index >= 15 is 0 Å². The first-order valence-electron chi connectivity index (χ1n) is 16.4. The van der Waals surface area contributed by atoms with E-state index in [1.165, 1.54) is 0 Å². The summed E-state index contributed by atoms with van der Waals surface area (Å²) in [5.74, 6) is 0.475. The number of thioether (sulfide) groups is 1. The average molecular weight is 634 g/mol. The molecule has 0 heterocycles. The van der Waals surface area contributed by atoms with Crippen molar-refractivity contribution in [3.63, 3.8) is 0 Å². The van der Waals surface area contributed by atoms with E-state index < -0.39 is 12.2 Å². The smallest absolute Gasteiger partial charge is 0.306 e. The number of nitrogens with zero attached hydrogens (tertiary/aromatic N) is 1. The minimum Gasteiger partial charge on any atom is -0.456 e. The second-order valence-electron chi connectivity index (χ2n) is 11.8. The maximum absolute atomic E-state index is 12.6. The summed E-state index contributed by atoms with van der Waals surface area (Å²) in [6.45, 7) is 6.02. The molecule has 44 heavy (non-hydrogen) atoms. The van der Waals surface area contributed by atoms with Crippen LogP contribution in [-0.4, -0.2) is 83.3 Å². The molecule has 0 saturated heterocycles. The van der Waals surface area contributed by atoms with Crippen LogP contribution in [0.15, 0.2) is 36.4 Å². The first-order valence-corrected chi connectivity index (χ1v) is 17.6. The molecule has 1 aromatic rings. The molecule has 248 valence electrons. The number of esters is 1. The number of methoxy groups -OCH3 is 1. The molecule has 2 rings (SSSR count). The lowest BCUT2D eigenvalue weighted by molar-refractivity contribution is -0.152. The zero-order chi connectivity index (χ0) is 32.2. The van der Waals surface area contributed by atoms with Crippen molar-refractivity contribution in [1.29, 1.82) is 0 Å². The molecule has 1 saturated carbocycles. The number of hydrogen-bond donors (Lipinski definition) is 2. The average Bonchev–Trinajstić information content (AvgIpc) is 3.27. The minimum atomic E-state index is -0.738. The van der Waals surface area contributed by atoms with Gasteiger partial charge in [-0.2, -0.15) is 11.8 Å². The number of amides is 1. The second-order valence-corrected chi connectivity index (χ2v) is 13.0. The van der Waals surface area contributed by atoms with E-state index in [9.17, 15) is 24.6 Å². The van der Waals surface area contributed by atoms with Gasteiger partial charge in [0.05, 0.1) is 18.8 Å². The van der Waals surface area contributed by atoms with Crippen LogP contribution in [0, 0.1) is 11.8 Å². The summed E-state index contributed by atoms with van der Waals surface area (Å²) in [5.41, 5.74) is 2.04. The fourth-order valence-electron chi connectivity index (χ4n) is 5.57. The lowest BCUT2D eigenvalue weighted by Gasteiger charge is -2.22. The Morgan fingerprint density at radius 1 is 1.07 bits per heavy atom. The van der Waals surface area contributed by atoms with Crippen molar-refractivity contribution in [2.24, 2.45) is 11.8 Å². The molecule has 1 amide bonds. The fourth-order valence-corrected chi connectivity index (χ4v) is 6.55. The molecule has 0 unspecified atom stereocenters. The molecule has 1 aromatic carbocycles. The van der Waals surface area contributed by atoms with Crippen LogP contribution in [0.5, 0.6) is 0 Å². The number of benzene rings is 1. The molecule has 1 aliphatic carbocycles. The van der Waals surface area contributed by atoms with Crippen LogP contribution in [0.1, 0.15) is 89.2 Å². The number of carbonyl (C=O) groups excluding carboxylic acids is 3. The Hall–Kier alpha value is -2.20. The number of aliphatic hydroxyl groups excluding tert-OH is 2. The van der Waals surface area contributed by atoms with Gasteiger partial charge in [0.1, 0.15) is 5.78 Å². The Morgan fingerprint density at radius 3 is 2.45 bits per heavy atom. The molecule has 1 fully saturated rings. The first kappa shape index (κ1) is 38.0. The van der Waals surface area contributed by atoms with Crippen molar-refractivity contribution >= 4 is 29.4 Å². The number of rotatable bonds is 23. The van der Waals surface area contributed by atoms with Crippen LogP contribution < -0.4 is 0 Å². The van der Waals surface area contributed by atoms with Gasteiger partial charge in [-0.05, 0) is 48.3 Å². The summed E-state index contributed by atoms with van der Waals surface area (Å²) in [4.78, 5) is 39.3. The van der Waals surface area contributed by atoms with Crippen molar-refractivity contribution < 1.29 is 34.1 Å². The van der Waals surface area contributed by atoms with Crippen LogP contribution in [-0.2, 0) is 36.9 Å². The number of aliphatic hydroxyl groups is 2. The molecule has 0 aromatic heterocycles. The second kappa shape index (κ2) is 22.3. The molecular formula is C35H55NO7S. The van der Waals surface area contributed by atoms with E-state index in [1.54, 1.807) is 31.0 Å². The lowest BCUT2D eigenvalue weighted by Crippen LogP contribution is -2.36. The molecule has 8 nitrogen and oxygen atoms in total. The number of ether oxygens (including phenoxy) is 2. The molecule has 0 aliphatic heterocycles. The van der Waals surface area contributed by atoms with E-state index in [-0.39, 0.29) is 48.9 Å². The van der Waals surface area contributed by atoms with E-state index in [0.717, 1.165) is 61.2 Å². The van der Waals surface area contributed by atoms with Gasteiger partial charge in [0.15, 0.2) is 6.61 Å². The van der Waals surface area contributed by atoms with Gasteiger partial charge >= 0.3 is 5.97 Å². The summed E-state index contributed by atoms with van der Waals surface area (Å²) in [5, 5.41) is 21.1. The minimum absolute atomic E-state index is 0.0567. The normalized spacial score (nSPS) is 19.0. The molecule has 2 N–H and O–H groups in total. The van der Waals surface area contributed by atoms with E-state index in [2.05, 4.69) is 13.8 Å². The third-order valence-corrected chi connectivity index (χ3v) is 9.15. The highest BCUT2D eigenvalue weighted by atomic mass is 32.2. The van der Waals surface area contributed by atoms with Crippen LogP contribution in [0.4, 0.5) is 0 Å². The molecule has 0 bridgehead atoms. The molecule has 0 spiro atoms. The van der Waals surface area contributed by atoms with Crippen LogP contribution in [0.2, 0.25) is 0 Å². The zero-order valence-corrected chi connectivity index (χ0v) is 27.9. The number of ketones is 1. The third kappa shape index (κ3) is 14.7. The van der Waals surface area contributed by atoms with Gasteiger partial charge in [-0.3, -0.25) is 14.4 Å². The van der Waals surface area contributed by atoms with E-state index in [1.807, 2.05) is 29.2 Å². The summed E-state index contributed by atoms with van der Waals surface area (Å²) in [6, 6.07) is 7.89. The molecule has 0 radical (unpaired) electrons.